The van der Waals surface area contributed by atoms with E-state index >= 15 is 0 Å². The van der Waals surface area contributed by atoms with Crippen LogP contribution in [0.15, 0.2) is 91.0 Å². The summed E-state index contributed by atoms with van der Waals surface area (Å²) < 4.78 is 71.1. The summed E-state index contributed by atoms with van der Waals surface area (Å²) >= 11 is 0. The maximum absolute atomic E-state index is 14.2. The number of rotatable bonds is 41. The van der Waals surface area contributed by atoms with Gasteiger partial charge >= 0.3 is 12.1 Å². The van der Waals surface area contributed by atoms with Crippen LogP contribution < -0.4 is 10.6 Å². The normalized spacial score (nSPS) is 19.2. The zero-order valence-electron chi connectivity index (χ0n) is 45.8. The number of amides is 2. The molecule has 416 valence electrons. The number of hydrogen-bond acceptors (Lipinski definition) is 7. The van der Waals surface area contributed by atoms with E-state index in [-0.39, 0.29) is 43.1 Å². The SMILES string of the molecule is CCCCCCCCCCCCCC[C@@H](OCc1ccccc1)[C@@H](OCc1ccccc1)[C@H](CO[C@H]1OC(COCc2ccccc2)[C@H](C)[C@H](C)C1C)NC(=O)CCCCCCCCCCCNC(=O)C(F)(F)F. The molecule has 8 atom stereocenters. The average Bonchev–Trinajstić information content (AvgIpc) is 3.40. The highest BCUT2D eigenvalue weighted by atomic mass is 19.4. The standard InChI is InChI=1S/C62H95F3N2O7/c1-5-6-7-8-9-10-11-12-14-17-20-32-41-56(71-45-53-37-28-24-29-38-53)59(72-46-54-39-30-25-31-40-54)55(67-58(68)42-33-21-18-15-13-16-19-22-34-43-66-61(69)62(63,64)65)47-73-60-51(4)49(2)50(3)57(74-60)48-70-44-52-35-26-23-27-36-52/h23-31,35-40,49-51,55-57,59-60H,5-22,32-34,41-48H2,1-4H3,(H,66,69)(H,67,68)/t49-,50+,51?,55-,56+,57?,59-,60-/m0/s1. The topological polar surface area (TPSA) is 104 Å². The minimum Gasteiger partial charge on any atom is -0.374 e. The Balaban J connectivity index is 1.44. The molecule has 2 unspecified atom stereocenters. The minimum absolute atomic E-state index is 0.0333. The number of hydrogen-bond donors (Lipinski definition) is 2. The van der Waals surface area contributed by atoms with Crippen molar-refractivity contribution in [3.63, 3.8) is 0 Å². The van der Waals surface area contributed by atoms with Gasteiger partial charge in [0.2, 0.25) is 5.91 Å². The molecule has 2 amide bonds. The van der Waals surface area contributed by atoms with E-state index in [9.17, 15) is 22.8 Å². The van der Waals surface area contributed by atoms with Gasteiger partial charge in [-0.15, -0.1) is 0 Å². The van der Waals surface area contributed by atoms with Crippen LogP contribution in [0.2, 0.25) is 0 Å². The smallest absolute Gasteiger partial charge is 0.374 e. The molecule has 1 aliphatic rings. The maximum atomic E-state index is 14.2. The van der Waals surface area contributed by atoms with Crippen molar-refractivity contribution in [2.75, 3.05) is 19.8 Å². The van der Waals surface area contributed by atoms with E-state index in [0.29, 0.717) is 45.2 Å². The van der Waals surface area contributed by atoms with Crippen LogP contribution in [0, 0.1) is 17.8 Å². The first-order chi connectivity index (χ1) is 36.0. The second-order valence-corrected chi connectivity index (χ2v) is 21.1. The van der Waals surface area contributed by atoms with Crippen molar-refractivity contribution in [2.45, 2.75) is 232 Å². The second-order valence-electron chi connectivity index (χ2n) is 21.1. The number of nitrogens with one attached hydrogen (secondary N) is 2. The Morgan fingerprint density at radius 2 is 1.05 bits per heavy atom. The zero-order chi connectivity index (χ0) is 53.1. The first-order valence-electron chi connectivity index (χ1n) is 28.8. The van der Waals surface area contributed by atoms with Crippen LogP contribution >= 0.6 is 0 Å². The van der Waals surface area contributed by atoms with E-state index in [4.69, 9.17) is 23.7 Å². The molecule has 74 heavy (non-hydrogen) atoms. The molecule has 0 aromatic heterocycles. The lowest BCUT2D eigenvalue weighted by Crippen LogP contribution is -2.54. The van der Waals surface area contributed by atoms with Crippen molar-refractivity contribution >= 4 is 11.8 Å². The fourth-order valence-electron chi connectivity index (χ4n) is 9.94. The number of halogens is 3. The minimum atomic E-state index is -4.84. The van der Waals surface area contributed by atoms with Crippen molar-refractivity contribution in [3.05, 3.63) is 108 Å². The molecule has 0 spiro atoms. The molecule has 0 bridgehead atoms. The molecule has 0 aliphatic carbocycles. The van der Waals surface area contributed by atoms with E-state index in [1.165, 1.54) is 64.2 Å². The monoisotopic (exact) mass is 1040 g/mol. The fraction of sp³-hybridized carbons (Fsp3) is 0.677. The Morgan fingerprint density at radius 1 is 0.581 bits per heavy atom. The first-order valence-corrected chi connectivity index (χ1v) is 28.8. The Kier molecular flexibility index (Phi) is 32.1. The van der Waals surface area contributed by atoms with Gasteiger partial charge in [-0.1, -0.05) is 241 Å². The predicted octanol–water partition coefficient (Wildman–Crippen LogP) is 15.2. The molecular weight excluding hydrogens is 942 g/mol. The van der Waals surface area contributed by atoms with Crippen molar-refractivity contribution in [2.24, 2.45) is 17.8 Å². The molecule has 9 nitrogen and oxygen atoms in total. The Labute approximate surface area is 444 Å². The molecule has 3 aromatic rings. The van der Waals surface area contributed by atoms with Crippen LogP contribution in [0.25, 0.3) is 0 Å². The summed E-state index contributed by atoms with van der Waals surface area (Å²) in [6.45, 7) is 10.9. The van der Waals surface area contributed by atoms with E-state index in [1.54, 1.807) is 0 Å². The van der Waals surface area contributed by atoms with Gasteiger partial charge in [0.25, 0.3) is 0 Å². The molecule has 1 aliphatic heterocycles. The van der Waals surface area contributed by atoms with Crippen LogP contribution in [0.5, 0.6) is 0 Å². The quantitative estimate of drug-likeness (QED) is 0.0546. The van der Waals surface area contributed by atoms with E-state index in [0.717, 1.165) is 87.3 Å². The maximum Gasteiger partial charge on any atom is 0.471 e. The van der Waals surface area contributed by atoms with Gasteiger partial charge in [0.1, 0.15) is 6.10 Å². The third-order valence-corrected chi connectivity index (χ3v) is 15.0. The number of carbonyl (C=O) groups excluding carboxylic acids is 2. The van der Waals surface area contributed by atoms with Gasteiger partial charge in [0, 0.05) is 18.9 Å². The molecule has 1 heterocycles. The van der Waals surface area contributed by atoms with Crippen molar-refractivity contribution in [1.29, 1.82) is 0 Å². The number of carbonyl (C=O) groups is 2. The van der Waals surface area contributed by atoms with Gasteiger partial charge in [-0.25, -0.2) is 0 Å². The summed E-state index contributed by atoms with van der Waals surface area (Å²) in [4.78, 5) is 25.2. The van der Waals surface area contributed by atoms with E-state index in [1.807, 2.05) is 59.9 Å². The summed E-state index contributed by atoms with van der Waals surface area (Å²) in [5.74, 6) is -1.29. The molecule has 0 saturated carbocycles. The first kappa shape index (κ1) is 62.7. The molecule has 1 saturated heterocycles. The lowest BCUT2D eigenvalue weighted by atomic mass is 9.79. The molecule has 3 aromatic carbocycles. The van der Waals surface area contributed by atoms with Gasteiger partial charge in [0.05, 0.1) is 51.3 Å². The van der Waals surface area contributed by atoms with Gasteiger partial charge < -0.3 is 34.3 Å². The van der Waals surface area contributed by atoms with Crippen molar-refractivity contribution in [1.82, 2.24) is 10.6 Å². The predicted molar refractivity (Wildman–Crippen MR) is 291 cm³/mol. The van der Waals surface area contributed by atoms with Gasteiger partial charge in [-0.3, -0.25) is 9.59 Å². The summed E-state index contributed by atoms with van der Waals surface area (Å²) in [6, 6.07) is 30.1. The lowest BCUT2D eigenvalue weighted by molar-refractivity contribution is -0.262. The van der Waals surface area contributed by atoms with Crippen LogP contribution in [0.4, 0.5) is 13.2 Å². The number of benzene rings is 3. The third-order valence-electron chi connectivity index (χ3n) is 15.0. The van der Waals surface area contributed by atoms with Gasteiger partial charge in [-0.2, -0.15) is 13.2 Å². The number of unbranched alkanes of at least 4 members (excludes halogenated alkanes) is 19. The molecule has 0 radical (unpaired) electrons. The molecule has 2 N–H and O–H groups in total. The Bertz CT molecular complexity index is 1860. The molecule has 4 rings (SSSR count). The van der Waals surface area contributed by atoms with Crippen LogP contribution in [-0.2, 0) is 53.1 Å². The highest BCUT2D eigenvalue weighted by molar-refractivity contribution is 5.81. The molecular formula is C62H95F3N2O7. The summed E-state index contributed by atoms with van der Waals surface area (Å²) in [7, 11) is 0. The molecule has 12 heteroatoms. The van der Waals surface area contributed by atoms with Gasteiger partial charge in [-0.05, 0) is 47.8 Å². The van der Waals surface area contributed by atoms with E-state index < -0.39 is 30.5 Å². The van der Waals surface area contributed by atoms with Crippen molar-refractivity contribution < 1.29 is 46.4 Å². The highest BCUT2D eigenvalue weighted by Crippen LogP contribution is 2.36. The summed E-state index contributed by atoms with van der Waals surface area (Å²) in [6.07, 6.45) is 17.7. The number of alkyl halides is 3. The summed E-state index contributed by atoms with van der Waals surface area (Å²) in [5.41, 5.74) is 3.23. The van der Waals surface area contributed by atoms with Gasteiger partial charge in [0.15, 0.2) is 6.29 Å². The summed E-state index contributed by atoms with van der Waals surface area (Å²) in [5, 5.41) is 5.37. The zero-order valence-corrected chi connectivity index (χ0v) is 45.8. The largest absolute Gasteiger partial charge is 0.471 e. The Morgan fingerprint density at radius 3 is 1.58 bits per heavy atom. The fourth-order valence-corrected chi connectivity index (χ4v) is 9.94. The van der Waals surface area contributed by atoms with Crippen molar-refractivity contribution in [3.8, 4) is 0 Å². The lowest BCUT2D eigenvalue weighted by Gasteiger charge is -2.44. The average molecular weight is 1040 g/mol. The Hall–Kier alpha value is -3.81. The van der Waals surface area contributed by atoms with Crippen LogP contribution in [-0.4, -0.2) is 68.4 Å². The van der Waals surface area contributed by atoms with E-state index in [2.05, 4.69) is 69.4 Å². The molecule has 1 fully saturated rings. The third kappa shape index (κ3) is 26.3. The number of ether oxygens (including phenoxy) is 5. The van der Waals surface area contributed by atoms with Crippen LogP contribution in [0.3, 0.4) is 0 Å². The second kappa shape index (κ2) is 37.9. The van der Waals surface area contributed by atoms with Crippen LogP contribution in [0.1, 0.15) is 192 Å². The highest BCUT2D eigenvalue weighted by Gasteiger charge is 2.41.